The van der Waals surface area contributed by atoms with Crippen LogP contribution in [0.25, 0.3) is 0 Å². The Balaban J connectivity index is 2.80. The first-order chi connectivity index (χ1) is 7.52. The molecule has 88 valence electrons. The standard InChI is InChI=1S/C14H21NO/c1-10(2)13-7-5-6-11(3)14(13)15-9-8-12(4)16/h5-7,10,15H,8-9H2,1-4H3. The van der Waals surface area contributed by atoms with E-state index >= 15 is 0 Å². The van der Waals surface area contributed by atoms with Gasteiger partial charge in [-0.25, -0.2) is 0 Å². The van der Waals surface area contributed by atoms with Gasteiger partial charge in [0, 0.05) is 18.7 Å². The third-order valence-electron chi connectivity index (χ3n) is 2.71. The van der Waals surface area contributed by atoms with Crippen molar-refractivity contribution in [2.24, 2.45) is 0 Å². The molecule has 0 fully saturated rings. The van der Waals surface area contributed by atoms with Crippen LogP contribution in [-0.2, 0) is 4.79 Å². The van der Waals surface area contributed by atoms with Gasteiger partial charge in [-0.05, 0) is 30.9 Å². The molecule has 1 N–H and O–H groups in total. The molecule has 0 unspecified atom stereocenters. The van der Waals surface area contributed by atoms with E-state index in [2.05, 4.69) is 44.3 Å². The zero-order valence-electron chi connectivity index (χ0n) is 10.6. The minimum Gasteiger partial charge on any atom is -0.384 e. The molecule has 0 aliphatic carbocycles. The second-order valence-electron chi connectivity index (χ2n) is 4.57. The summed E-state index contributed by atoms with van der Waals surface area (Å²) in [7, 11) is 0. The van der Waals surface area contributed by atoms with E-state index in [9.17, 15) is 4.79 Å². The van der Waals surface area contributed by atoms with E-state index in [1.165, 1.54) is 16.8 Å². The largest absolute Gasteiger partial charge is 0.384 e. The van der Waals surface area contributed by atoms with Crippen molar-refractivity contribution < 1.29 is 4.79 Å². The Labute approximate surface area is 98.1 Å². The number of ketones is 1. The summed E-state index contributed by atoms with van der Waals surface area (Å²) in [6, 6.07) is 6.33. The summed E-state index contributed by atoms with van der Waals surface area (Å²) in [5.41, 5.74) is 3.76. The molecule has 0 bridgehead atoms. The third kappa shape index (κ3) is 3.37. The minimum atomic E-state index is 0.229. The highest BCUT2D eigenvalue weighted by Crippen LogP contribution is 2.27. The Hall–Kier alpha value is -1.31. The summed E-state index contributed by atoms with van der Waals surface area (Å²) in [5.74, 6) is 0.729. The molecule has 0 saturated carbocycles. The summed E-state index contributed by atoms with van der Waals surface area (Å²) in [4.78, 5) is 10.9. The van der Waals surface area contributed by atoms with Gasteiger partial charge in [0.15, 0.2) is 0 Å². The molecule has 0 aliphatic heterocycles. The Morgan fingerprint density at radius 1 is 1.38 bits per heavy atom. The number of para-hydroxylation sites is 1. The van der Waals surface area contributed by atoms with Crippen LogP contribution < -0.4 is 5.32 Å². The molecule has 1 aromatic carbocycles. The number of Topliss-reactive ketones (excluding diaryl/α,β-unsaturated/α-hetero) is 1. The number of hydrogen-bond acceptors (Lipinski definition) is 2. The van der Waals surface area contributed by atoms with Crippen LogP contribution in [-0.4, -0.2) is 12.3 Å². The smallest absolute Gasteiger partial charge is 0.131 e. The highest BCUT2D eigenvalue weighted by atomic mass is 16.1. The first kappa shape index (κ1) is 12.8. The molecule has 16 heavy (non-hydrogen) atoms. The average molecular weight is 219 g/mol. The van der Waals surface area contributed by atoms with Crippen LogP contribution in [0.1, 0.15) is 44.2 Å². The molecule has 0 radical (unpaired) electrons. The van der Waals surface area contributed by atoms with Crippen LogP contribution in [0, 0.1) is 6.92 Å². The van der Waals surface area contributed by atoms with Crippen molar-refractivity contribution in [2.45, 2.75) is 40.0 Å². The molecule has 2 heteroatoms. The van der Waals surface area contributed by atoms with Crippen LogP contribution in [0.5, 0.6) is 0 Å². The maximum atomic E-state index is 10.9. The van der Waals surface area contributed by atoms with Crippen LogP contribution in [0.2, 0.25) is 0 Å². The maximum absolute atomic E-state index is 10.9. The lowest BCUT2D eigenvalue weighted by molar-refractivity contribution is -0.116. The Morgan fingerprint density at radius 3 is 2.62 bits per heavy atom. The molecule has 1 aromatic rings. The van der Waals surface area contributed by atoms with E-state index in [4.69, 9.17) is 0 Å². The number of nitrogens with one attached hydrogen (secondary N) is 1. The summed E-state index contributed by atoms with van der Waals surface area (Å²) in [6.07, 6.45) is 0.589. The van der Waals surface area contributed by atoms with Gasteiger partial charge in [0.2, 0.25) is 0 Å². The van der Waals surface area contributed by atoms with Gasteiger partial charge in [-0.3, -0.25) is 4.79 Å². The van der Waals surface area contributed by atoms with Gasteiger partial charge in [0.25, 0.3) is 0 Å². The van der Waals surface area contributed by atoms with Gasteiger partial charge >= 0.3 is 0 Å². The fourth-order valence-electron chi connectivity index (χ4n) is 1.78. The normalized spacial score (nSPS) is 10.6. The minimum absolute atomic E-state index is 0.229. The third-order valence-corrected chi connectivity index (χ3v) is 2.71. The zero-order chi connectivity index (χ0) is 12.1. The quantitative estimate of drug-likeness (QED) is 0.821. The van der Waals surface area contributed by atoms with Crippen molar-refractivity contribution in [2.75, 3.05) is 11.9 Å². The molecule has 2 nitrogen and oxygen atoms in total. The predicted molar refractivity (Wildman–Crippen MR) is 69.1 cm³/mol. The van der Waals surface area contributed by atoms with E-state index in [0.717, 1.165) is 6.54 Å². The van der Waals surface area contributed by atoms with E-state index in [1.807, 2.05) is 0 Å². The summed E-state index contributed by atoms with van der Waals surface area (Å²) < 4.78 is 0. The Morgan fingerprint density at radius 2 is 2.06 bits per heavy atom. The van der Waals surface area contributed by atoms with Gasteiger partial charge in [0.1, 0.15) is 5.78 Å². The highest BCUT2D eigenvalue weighted by molar-refractivity contribution is 5.76. The van der Waals surface area contributed by atoms with Crippen molar-refractivity contribution in [1.29, 1.82) is 0 Å². The molecule has 1 rings (SSSR count). The highest BCUT2D eigenvalue weighted by Gasteiger charge is 2.08. The lowest BCUT2D eigenvalue weighted by Gasteiger charge is -2.16. The van der Waals surface area contributed by atoms with Crippen molar-refractivity contribution in [3.8, 4) is 0 Å². The van der Waals surface area contributed by atoms with Gasteiger partial charge in [0.05, 0.1) is 0 Å². The molecule has 0 aliphatic rings. The van der Waals surface area contributed by atoms with Crippen molar-refractivity contribution >= 4 is 11.5 Å². The predicted octanol–water partition coefficient (Wildman–Crippen LogP) is 3.51. The maximum Gasteiger partial charge on any atom is 0.131 e. The number of hydrogen-bond donors (Lipinski definition) is 1. The average Bonchev–Trinajstić information content (AvgIpc) is 2.19. The van der Waals surface area contributed by atoms with E-state index in [1.54, 1.807) is 6.92 Å². The van der Waals surface area contributed by atoms with E-state index < -0.39 is 0 Å². The number of benzene rings is 1. The van der Waals surface area contributed by atoms with Crippen LogP contribution in [0.3, 0.4) is 0 Å². The Bertz CT molecular complexity index is 369. The van der Waals surface area contributed by atoms with Crippen LogP contribution >= 0.6 is 0 Å². The second-order valence-corrected chi connectivity index (χ2v) is 4.57. The number of rotatable bonds is 5. The monoisotopic (exact) mass is 219 g/mol. The number of carbonyl (C=O) groups excluding carboxylic acids is 1. The van der Waals surface area contributed by atoms with E-state index in [-0.39, 0.29) is 5.78 Å². The summed E-state index contributed by atoms with van der Waals surface area (Å²) >= 11 is 0. The number of aryl methyl sites for hydroxylation is 1. The number of anilines is 1. The lowest BCUT2D eigenvalue weighted by atomic mass is 9.98. The molecule has 0 saturated heterocycles. The van der Waals surface area contributed by atoms with Gasteiger partial charge in [-0.15, -0.1) is 0 Å². The molecular formula is C14H21NO. The molecule has 0 amide bonds. The number of carbonyl (C=O) groups is 1. The lowest BCUT2D eigenvalue weighted by Crippen LogP contribution is -2.09. The van der Waals surface area contributed by atoms with Gasteiger partial charge in [-0.2, -0.15) is 0 Å². The van der Waals surface area contributed by atoms with Crippen molar-refractivity contribution in [1.82, 2.24) is 0 Å². The SMILES string of the molecule is CC(=O)CCNc1c(C)cccc1C(C)C. The zero-order valence-corrected chi connectivity index (χ0v) is 10.6. The van der Waals surface area contributed by atoms with Gasteiger partial charge < -0.3 is 5.32 Å². The topological polar surface area (TPSA) is 29.1 Å². The summed E-state index contributed by atoms with van der Waals surface area (Å²) in [6.45, 7) is 8.82. The second kappa shape index (κ2) is 5.69. The fraction of sp³-hybridized carbons (Fsp3) is 0.500. The Kier molecular flexibility index (Phi) is 4.53. The molecule has 0 aromatic heterocycles. The van der Waals surface area contributed by atoms with Crippen LogP contribution in [0.15, 0.2) is 18.2 Å². The van der Waals surface area contributed by atoms with Crippen LogP contribution in [0.4, 0.5) is 5.69 Å². The van der Waals surface area contributed by atoms with Gasteiger partial charge in [-0.1, -0.05) is 32.0 Å². The molecule has 0 spiro atoms. The van der Waals surface area contributed by atoms with E-state index in [0.29, 0.717) is 12.3 Å². The van der Waals surface area contributed by atoms with Crippen molar-refractivity contribution in [3.05, 3.63) is 29.3 Å². The summed E-state index contributed by atoms with van der Waals surface area (Å²) in [5, 5.41) is 3.37. The molecule has 0 heterocycles. The fourth-order valence-corrected chi connectivity index (χ4v) is 1.78. The molecule has 0 atom stereocenters. The van der Waals surface area contributed by atoms with Crippen molar-refractivity contribution in [3.63, 3.8) is 0 Å². The first-order valence-electron chi connectivity index (χ1n) is 5.85. The first-order valence-corrected chi connectivity index (χ1v) is 5.85. The molecular weight excluding hydrogens is 198 g/mol.